The third-order valence-corrected chi connectivity index (χ3v) is 6.88. The van der Waals surface area contributed by atoms with Gasteiger partial charge < -0.3 is 10.1 Å². The lowest BCUT2D eigenvalue weighted by atomic mass is 9.68. The first-order valence-electron chi connectivity index (χ1n) is 10.7. The Kier molecular flexibility index (Phi) is 5.24. The minimum Gasteiger partial charge on any atom is -0.389 e. The van der Waals surface area contributed by atoms with E-state index in [2.05, 4.69) is 29.9 Å². The molecule has 1 aromatic heterocycles. The molecule has 3 nitrogen and oxygen atoms in total. The standard InChI is InChI=1S/C25H31FN2O/c1-4-24(3,22-13-20(26)10-7-17(22)2)16-25(29,19-8-9-19)14-21-12-18-6-5-11-27-15-23(18)28-21/h5,7,10-13,15,19,28-29H,4,6,8-9,14,16H2,1-3H3. The second-order valence-corrected chi connectivity index (χ2v) is 9.21. The SMILES string of the molecule is CCC(C)(CC(O)(Cc1cc2c([nH]1)C=NC=CC2)C1CC1)c1cc(F)ccc1C. The number of aromatic amines is 1. The predicted octanol–water partition coefficient (Wildman–Crippen LogP) is 5.39. The highest BCUT2D eigenvalue weighted by molar-refractivity contribution is 5.80. The zero-order valence-electron chi connectivity index (χ0n) is 17.6. The average molecular weight is 395 g/mol. The van der Waals surface area contributed by atoms with Gasteiger partial charge in [-0.2, -0.15) is 0 Å². The molecule has 2 aromatic rings. The Hall–Kier alpha value is -2.20. The molecule has 2 heterocycles. The smallest absolute Gasteiger partial charge is 0.123 e. The molecule has 2 atom stereocenters. The van der Waals surface area contributed by atoms with Gasteiger partial charge in [0.15, 0.2) is 0 Å². The summed E-state index contributed by atoms with van der Waals surface area (Å²) in [5.74, 6) is 0.0968. The number of hydrogen-bond acceptors (Lipinski definition) is 2. The van der Waals surface area contributed by atoms with Crippen molar-refractivity contribution in [1.29, 1.82) is 0 Å². The molecule has 1 aromatic carbocycles. The van der Waals surface area contributed by atoms with Crippen molar-refractivity contribution < 1.29 is 9.50 Å². The molecule has 0 bridgehead atoms. The molecule has 2 unspecified atom stereocenters. The van der Waals surface area contributed by atoms with Gasteiger partial charge in [-0.05, 0) is 85.3 Å². The minimum absolute atomic E-state index is 0.208. The topological polar surface area (TPSA) is 48.4 Å². The van der Waals surface area contributed by atoms with Crippen molar-refractivity contribution in [1.82, 2.24) is 4.98 Å². The molecule has 1 aliphatic heterocycles. The van der Waals surface area contributed by atoms with Gasteiger partial charge in [0.05, 0.1) is 17.5 Å². The zero-order valence-corrected chi connectivity index (χ0v) is 17.6. The van der Waals surface area contributed by atoms with Gasteiger partial charge in [-0.1, -0.05) is 26.0 Å². The van der Waals surface area contributed by atoms with Crippen molar-refractivity contribution in [2.45, 2.75) is 70.3 Å². The fourth-order valence-corrected chi connectivity index (χ4v) is 4.95. The lowest BCUT2D eigenvalue weighted by Gasteiger charge is -2.39. The highest BCUT2D eigenvalue weighted by atomic mass is 19.1. The van der Waals surface area contributed by atoms with E-state index in [0.29, 0.717) is 18.8 Å². The van der Waals surface area contributed by atoms with E-state index in [1.165, 1.54) is 11.6 Å². The molecular formula is C25H31FN2O. The van der Waals surface area contributed by atoms with E-state index in [1.54, 1.807) is 6.07 Å². The number of aryl methyl sites for hydroxylation is 1. The van der Waals surface area contributed by atoms with E-state index in [4.69, 9.17) is 0 Å². The van der Waals surface area contributed by atoms with Crippen molar-refractivity contribution in [2.24, 2.45) is 10.9 Å². The van der Waals surface area contributed by atoms with Crippen LogP contribution in [0.5, 0.6) is 0 Å². The molecule has 0 radical (unpaired) electrons. The van der Waals surface area contributed by atoms with Gasteiger partial charge in [0.2, 0.25) is 0 Å². The summed E-state index contributed by atoms with van der Waals surface area (Å²) in [6.45, 7) is 6.34. The maximum atomic E-state index is 14.0. The molecule has 1 saturated carbocycles. The van der Waals surface area contributed by atoms with Gasteiger partial charge in [0.1, 0.15) is 5.82 Å². The molecule has 1 aliphatic carbocycles. The first-order valence-corrected chi connectivity index (χ1v) is 10.7. The van der Waals surface area contributed by atoms with Gasteiger partial charge in [-0.25, -0.2) is 4.39 Å². The number of halogens is 1. The Morgan fingerprint density at radius 3 is 2.79 bits per heavy atom. The second kappa shape index (κ2) is 7.56. The number of benzene rings is 1. The normalized spacial score (nSPS) is 20.0. The number of H-pyrrole nitrogens is 1. The number of hydrogen-bond donors (Lipinski definition) is 2. The number of fused-ring (bicyclic) bond motifs is 1. The molecule has 0 saturated heterocycles. The van der Waals surface area contributed by atoms with Crippen LogP contribution in [0, 0.1) is 18.7 Å². The van der Waals surface area contributed by atoms with Gasteiger partial charge >= 0.3 is 0 Å². The van der Waals surface area contributed by atoms with Crippen LogP contribution < -0.4 is 0 Å². The van der Waals surface area contributed by atoms with Crippen LogP contribution in [0.3, 0.4) is 0 Å². The summed E-state index contributed by atoms with van der Waals surface area (Å²) in [7, 11) is 0. The molecule has 2 aliphatic rings. The molecule has 0 spiro atoms. The fourth-order valence-electron chi connectivity index (χ4n) is 4.95. The van der Waals surface area contributed by atoms with Crippen LogP contribution in [-0.4, -0.2) is 21.9 Å². The van der Waals surface area contributed by atoms with Gasteiger partial charge in [-0.3, -0.25) is 4.99 Å². The Bertz CT molecular complexity index is 956. The van der Waals surface area contributed by atoms with Crippen LogP contribution in [-0.2, 0) is 18.3 Å². The predicted molar refractivity (Wildman–Crippen MR) is 116 cm³/mol. The van der Waals surface area contributed by atoms with Crippen LogP contribution in [0.4, 0.5) is 4.39 Å². The first kappa shape index (κ1) is 20.1. The van der Waals surface area contributed by atoms with Crippen LogP contribution in [0.2, 0.25) is 0 Å². The monoisotopic (exact) mass is 394 g/mol. The largest absolute Gasteiger partial charge is 0.389 e. The van der Waals surface area contributed by atoms with E-state index < -0.39 is 5.60 Å². The molecule has 1 fully saturated rings. The molecule has 0 amide bonds. The number of aliphatic hydroxyl groups is 1. The Morgan fingerprint density at radius 2 is 2.07 bits per heavy atom. The third-order valence-electron chi connectivity index (χ3n) is 6.88. The highest BCUT2D eigenvalue weighted by Crippen LogP contribution is 2.49. The first-order chi connectivity index (χ1) is 13.8. The Morgan fingerprint density at radius 1 is 1.28 bits per heavy atom. The minimum atomic E-state index is -0.806. The molecule has 4 rings (SSSR count). The summed E-state index contributed by atoms with van der Waals surface area (Å²) >= 11 is 0. The average Bonchev–Trinajstić information content (AvgIpc) is 3.50. The van der Waals surface area contributed by atoms with Crippen molar-refractivity contribution in [3.8, 4) is 0 Å². The summed E-state index contributed by atoms with van der Waals surface area (Å²) < 4.78 is 14.0. The molecule has 4 heteroatoms. The summed E-state index contributed by atoms with van der Waals surface area (Å²) in [6.07, 6.45) is 10.8. The fraction of sp³-hybridized carbons (Fsp3) is 0.480. The molecule has 2 N–H and O–H groups in total. The van der Waals surface area contributed by atoms with E-state index in [1.807, 2.05) is 31.5 Å². The second-order valence-electron chi connectivity index (χ2n) is 9.21. The number of aromatic nitrogens is 1. The molecular weight excluding hydrogens is 363 g/mol. The van der Waals surface area contributed by atoms with E-state index >= 15 is 0 Å². The maximum Gasteiger partial charge on any atom is 0.123 e. The van der Waals surface area contributed by atoms with Gasteiger partial charge in [-0.15, -0.1) is 0 Å². The van der Waals surface area contributed by atoms with Crippen molar-refractivity contribution in [3.63, 3.8) is 0 Å². The van der Waals surface area contributed by atoms with E-state index in [9.17, 15) is 9.50 Å². The number of aliphatic imine (C=N–C) groups is 1. The van der Waals surface area contributed by atoms with Gasteiger partial charge in [0.25, 0.3) is 0 Å². The lowest BCUT2D eigenvalue weighted by Crippen LogP contribution is -2.42. The number of nitrogens with zero attached hydrogens (tertiary/aromatic N) is 1. The van der Waals surface area contributed by atoms with Gasteiger partial charge in [0, 0.05) is 18.3 Å². The number of allylic oxidation sites excluding steroid dienone is 1. The summed E-state index contributed by atoms with van der Waals surface area (Å²) in [6, 6.07) is 7.19. The van der Waals surface area contributed by atoms with E-state index in [-0.39, 0.29) is 11.2 Å². The van der Waals surface area contributed by atoms with Crippen LogP contribution in [0.25, 0.3) is 0 Å². The van der Waals surface area contributed by atoms with Crippen molar-refractivity contribution in [3.05, 3.63) is 70.4 Å². The molecule has 29 heavy (non-hydrogen) atoms. The number of nitrogens with one attached hydrogen (secondary N) is 1. The summed E-state index contributed by atoms with van der Waals surface area (Å²) in [4.78, 5) is 7.73. The van der Waals surface area contributed by atoms with Crippen molar-refractivity contribution >= 4 is 6.21 Å². The Balaban J connectivity index is 1.63. The quantitative estimate of drug-likeness (QED) is 0.650. The lowest BCUT2D eigenvalue weighted by molar-refractivity contribution is -0.0120. The number of rotatable bonds is 7. The Labute approximate surface area is 172 Å². The zero-order chi connectivity index (χ0) is 20.6. The maximum absolute atomic E-state index is 14.0. The van der Waals surface area contributed by atoms with Crippen LogP contribution in [0.1, 0.15) is 67.6 Å². The van der Waals surface area contributed by atoms with Crippen LogP contribution in [0.15, 0.2) is 41.5 Å². The highest BCUT2D eigenvalue weighted by Gasteiger charge is 2.48. The van der Waals surface area contributed by atoms with Crippen molar-refractivity contribution in [2.75, 3.05) is 0 Å². The van der Waals surface area contributed by atoms with E-state index in [0.717, 1.165) is 48.2 Å². The van der Waals surface area contributed by atoms with Crippen LogP contribution >= 0.6 is 0 Å². The summed E-state index contributed by atoms with van der Waals surface area (Å²) in [5, 5.41) is 11.8. The summed E-state index contributed by atoms with van der Waals surface area (Å²) in [5.41, 5.74) is 4.32. The molecule has 154 valence electrons. The third kappa shape index (κ3) is 4.09.